The van der Waals surface area contributed by atoms with Gasteiger partial charge in [-0.1, -0.05) is 43.9 Å². The van der Waals surface area contributed by atoms with Gasteiger partial charge in [-0.25, -0.2) is 43.5 Å². The topological polar surface area (TPSA) is 161 Å². The Morgan fingerprint density at radius 1 is 0.711 bits per heavy atom. The van der Waals surface area contributed by atoms with E-state index in [1.165, 1.54) is 82.6 Å². The summed E-state index contributed by atoms with van der Waals surface area (Å²) in [7, 11) is 3.64. The Hall–Kier alpha value is -3.13. The van der Waals surface area contributed by atoms with Gasteiger partial charge in [0.15, 0.2) is 0 Å². The van der Waals surface area contributed by atoms with Crippen molar-refractivity contribution in [3.63, 3.8) is 0 Å². The molecule has 0 aliphatic heterocycles. The predicted octanol–water partition coefficient (Wildman–Crippen LogP) is 4.53. The first kappa shape index (κ1) is 39.4. The molecule has 4 aromatic heterocycles. The summed E-state index contributed by atoms with van der Waals surface area (Å²) in [6.45, 7) is 4.00. The van der Waals surface area contributed by atoms with E-state index in [0.29, 0.717) is 4.91 Å². The van der Waals surface area contributed by atoms with Crippen molar-refractivity contribution in [3.05, 3.63) is 74.9 Å². The minimum absolute atomic E-state index is 0. The molecule has 0 radical (unpaired) electrons. The molecule has 0 amide bonds. The van der Waals surface area contributed by atoms with Gasteiger partial charge in [0.2, 0.25) is 0 Å². The first-order chi connectivity index (χ1) is 18.0. The van der Waals surface area contributed by atoms with Crippen LogP contribution in [0.25, 0.3) is 0 Å². The van der Waals surface area contributed by atoms with Crippen LogP contribution in [0.1, 0.15) is 22.6 Å². The van der Waals surface area contributed by atoms with Gasteiger partial charge in [0, 0.05) is 58.1 Å². The fourth-order valence-electron chi connectivity index (χ4n) is 1.82. The second kappa shape index (κ2) is 28.4. The minimum atomic E-state index is -0.424. The van der Waals surface area contributed by atoms with E-state index in [9.17, 15) is 14.4 Å². The highest BCUT2D eigenvalue weighted by molar-refractivity contribution is 14.1. The lowest BCUT2D eigenvalue weighted by molar-refractivity contribution is 0.172. The number of aliphatic hydroxyl groups excluding tert-OH is 1. The highest BCUT2D eigenvalue weighted by Crippen LogP contribution is 1.92. The molecular formula is C22H36I2N8O6. The van der Waals surface area contributed by atoms with Crippen molar-refractivity contribution < 1.29 is 30.3 Å². The van der Waals surface area contributed by atoms with Gasteiger partial charge in [-0.05, 0) is 4.91 Å². The molecule has 4 aromatic rings. The SMILES string of the molecule is C.CC.CO.COC(=O)n1ccnc1.COC(=O)n1ccnc1.I.O=C(n1ccnc1)n1ccnc1.[2H]CI. The molecule has 0 spiro atoms. The molecule has 0 bridgehead atoms. The number of carbonyl (C=O) groups is 3. The van der Waals surface area contributed by atoms with Crippen LogP contribution in [-0.4, -0.2) is 87.8 Å². The molecule has 0 saturated heterocycles. The third kappa shape index (κ3) is 16.6. The average Bonchev–Trinajstić information content (AvgIpc) is 3.79. The molecule has 0 aliphatic carbocycles. The fraction of sp³-hybridized carbons (Fsp3) is 0.318. The van der Waals surface area contributed by atoms with Crippen LogP contribution in [0.4, 0.5) is 14.4 Å². The number of aromatic nitrogens is 8. The number of carbonyl (C=O) groups excluding carboxylic acids is 3. The van der Waals surface area contributed by atoms with E-state index in [1.807, 2.05) is 36.4 Å². The molecular weight excluding hydrogens is 726 g/mol. The lowest BCUT2D eigenvalue weighted by Crippen LogP contribution is -2.15. The monoisotopic (exact) mass is 763 g/mol. The molecule has 214 valence electrons. The van der Waals surface area contributed by atoms with Crippen molar-refractivity contribution in [1.82, 2.24) is 38.2 Å². The number of rotatable bonds is 0. The van der Waals surface area contributed by atoms with Crippen LogP contribution in [-0.2, 0) is 9.47 Å². The molecule has 38 heavy (non-hydrogen) atoms. The number of alkyl halides is 1. The first-order valence-electron chi connectivity index (χ1n) is 10.6. The first-order valence-corrected chi connectivity index (χ1v) is 11.4. The van der Waals surface area contributed by atoms with Crippen LogP contribution >= 0.6 is 46.6 Å². The Morgan fingerprint density at radius 3 is 1.13 bits per heavy atom. The lowest BCUT2D eigenvalue weighted by Gasteiger charge is -1.98. The van der Waals surface area contributed by atoms with Crippen molar-refractivity contribution >= 4 is 64.8 Å². The summed E-state index contributed by atoms with van der Waals surface area (Å²) in [6, 6.07) is -0.190. The molecule has 4 rings (SSSR count). The van der Waals surface area contributed by atoms with Crippen molar-refractivity contribution in [2.75, 3.05) is 26.2 Å². The minimum Gasteiger partial charge on any atom is -0.452 e. The summed E-state index contributed by atoms with van der Waals surface area (Å²) in [5.41, 5.74) is 0. The molecule has 1 N–H and O–H groups in total. The summed E-state index contributed by atoms with van der Waals surface area (Å²) in [5.74, 6) is 0. The third-order valence-corrected chi connectivity index (χ3v) is 3.23. The third-order valence-electron chi connectivity index (χ3n) is 3.23. The van der Waals surface area contributed by atoms with Crippen molar-refractivity contribution in [2.24, 2.45) is 0 Å². The van der Waals surface area contributed by atoms with Crippen molar-refractivity contribution in [2.45, 2.75) is 21.3 Å². The fourth-order valence-corrected chi connectivity index (χ4v) is 1.82. The van der Waals surface area contributed by atoms with E-state index in [4.69, 9.17) is 6.48 Å². The zero-order valence-electron chi connectivity index (χ0n) is 22.0. The number of aliphatic hydroxyl groups is 1. The van der Waals surface area contributed by atoms with Crippen LogP contribution < -0.4 is 0 Å². The smallest absolute Gasteiger partial charge is 0.418 e. The van der Waals surface area contributed by atoms with E-state index < -0.39 is 12.2 Å². The molecule has 0 atom stereocenters. The number of hydrogen-bond acceptors (Lipinski definition) is 10. The van der Waals surface area contributed by atoms with Gasteiger partial charge in [0.05, 0.1) is 14.2 Å². The van der Waals surface area contributed by atoms with Crippen LogP contribution in [0.3, 0.4) is 0 Å². The highest BCUT2D eigenvalue weighted by atomic mass is 127. The molecule has 14 nitrogen and oxygen atoms in total. The Bertz CT molecular complexity index is 966. The lowest BCUT2D eigenvalue weighted by atomic mass is 10.8. The molecule has 4 heterocycles. The van der Waals surface area contributed by atoms with Gasteiger partial charge >= 0.3 is 18.2 Å². The van der Waals surface area contributed by atoms with Gasteiger partial charge in [-0.2, -0.15) is 0 Å². The van der Waals surface area contributed by atoms with Crippen molar-refractivity contribution in [3.8, 4) is 0 Å². The largest absolute Gasteiger partial charge is 0.452 e. The van der Waals surface area contributed by atoms with Gasteiger partial charge < -0.3 is 14.6 Å². The molecule has 0 saturated carbocycles. The Morgan fingerprint density at radius 2 is 0.947 bits per heavy atom. The number of nitrogens with zero attached hydrogens (tertiary/aromatic N) is 8. The summed E-state index contributed by atoms with van der Waals surface area (Å²) in [4.78, 5) is 47.9. The number of methoxy groups -OCH3 is 2. The van der Waals surface area contributed by atoms with E-state index in [2.05, 4.69) is 29.4 Å². The van der Waals surface area contributed by atoms with Crippen LogP contribution in [0.2, 0.25) is 0 Å². The summed E-state index contributed by atoms with van der Waals surface area (Å²) in [6.07, 6.45) is 17.1. The average molecular weight is 763 g/mol. The summed E-state index contributed by atoms with van der Waals surface area (Å²) < 4.78 is 20.2. The zero-order valence-corrected chi connectivity index (χ0v) is 25.5. The normalized spacial score (nSPS) is 8.24. The van der Waals surface area contributed by atoms with E-state index in [1.54, 1.807) is 24.8 Å². The summed E-state index contributed by atoms with van der Waals surface area (Å²) >= 11 is 1.96. The van der Waals surface area contributed by atoms with E-state index in [-0.39, 0.29) is 37.4 Å². The summed E-state index contributed by atoms with van der Waals surface area (Å²) in [5, 5.41) is 7.00. The molecule has 0 fully saturated rings. The maximum absolute atomic E-state index is 11.4. The Kier molecular flexibility index (Phi) is 29.5. The maximum atomic E-state index is 11.4. The van der Waals surface area contributed by atoms with E-state index >= 15 is 0 Å². The van der Waals surface area contributed by atoms with Gasteiger partial charge in [-0.15, -0.1) is 24.0 Å². The quantitative estimate of drug-likeness (QED) is 0.199. The van der Waals surface area contributed by atoms with Gasteiger partial charge in [0.1, 0.15) is 25.3 Å². The number of ether oxygens (including phenoxy) is 2. The molecule has 0 aliphatic rings. The second-order valence-corrected chi connectivity index (χ2v) is 5.10. The Labute approximate surface area is 254 Å². The van der Waals surface area contributed by atoms with E-state index in [0.717, 1.165) is 7.11 Å². The number of imidazole rings is 4. The molecule has 0 aromatic carbocycles. The van der Waals surface area contributed by atoms with Gasteiger partial charge in [-0.3, -0.25) is 9.13 Å². The van der Waals surface area contributed by atoms with Gasteiger partial charge in [0.25, 0.3) is 0 Å². The Balaban J connectivity index is -0.000000208. The number of halogens is 2. The standard InChI is InChI=1S/C7H6N4O.2C5H6N2O2.C2H6.CH3I.CH4O.CH4.HI/c12-7(10-3-1-8-5-10)11-4-2-9-6-11;2*1-9-5(8)7-3-2-6-4-7;3*1-2;;/h1-6H;2*2-4H,1H3;1-2H3;1H3;2H,1H3;1H4;1H/i;;;;1D;;;. The number of hydrogen-bond donors (Lipinski definition) is 1. The maximum Gasteiger partial charge on any atom is 0.418 e. The zero-order chi connectivity index (χ0) is 28.5. The predicted molar refractivity (Wildman–Crippen MR) is 162 cm³/mol. The second-order valence-electron chi connectivity index (χ2n) is 5.10. The van der Waals surface area contributed by atoms with Crippen LogP contribution in [0.15, 0.2) is 74.9 Å². The molecule has 0 unspecified atom stereocenters. The van der Waals surface area contributed by atoms with Crippen LogP contribution in [0, 0.1) is 0 Å². The van der Waals surface area contributed by atoms with Crippen molar-refractivity contribution in [1.29, 1.82) is 0 Å². The molecule has 16 heteroatoms. The van der Waals surface area contributed by atoms with Crippen LogP contribution in [0.5, 0.6) is 0 Å². The highest BCUT2D eigenvalue weighted by Gasteiger charge is 2.04.